The number of amides is 1. The van der Waals surface area contributed by atoms with Crippen LogP contribution < -0.4 is 5.32 Å². The first kappa shape index (κ1) is 14.9. The Morgan fingerprint density at radius 3 is 2.95 bits per heavy atom. The highest BCUT2D eigenvalue weighted by molar-refractivity contribution is 9.10. The van der Waals surface area contributed by atoms with Gasteiger partial charge < -0.3 is 5.32 Å². The van der Waals surface area contributed by atoms with E-state index in [1.807, 2.05) is 29.6 Å². The summed E-state index contributed by atoms with van der Waals surface area (Å²) in [5.41, 5.74) is 2.48. The maximum atomic E-state index is 12.1. The molecular weight excluding hydrogens is 362 g/mol. The molecule has 1 N–H and O–H groups in total. The zero-order chi connectivity index (χ0) is 15.4. The standard InChI is InChI=1S/C16H12BrN3OS/c17-13-5-1-3-11(7-13)16(21)19-9-15-20-14(10-22-15)12-4-2-6-18-8-12/h1-8,10H,9H2,(H,19,21). The fraction of sp³-hybridized carbons (Fsp3) is 0.0625. The van der Waals surface area contributed by atoms with Gasteiger partial charge in [0.25, 0.3) is 5.91 Å². The molecule has 1 amide bonds. The zero-order valence-electron chi connectivity index (χ0n) is 11.5. The average molecular weight is 374 g/mol. The van der Waals surface area contributed by atoms with Crippen molar-refractivity contribution in [3.8, 4) is 11.3 Å². The number of aromatic nitrogens is 2. The summed E-state index contributed by atoms with van der Waals surface area (Å²) < 4.78 is 0.883. The Morgan fingerprint density at radius 2 is 2.18 bits per heavy atom. The van der Waals surface area contributed by atoms with E-state index in [-0.39, 0.29) is 5.91 Å². The molecule has 3 aromatic rings. The minimum absolute atomic E-state index is 0.112. The summed E-state index contributed by atoms with van der Waals surface area (Å²) in [4.78, 5) is 20.7. The lowest BCUT2D eigenvalue weighted by Gasteiger charge is -2.03. The monoisotopic (exact) mass is 373 g/mol. The zero-order valence-corrected chi connectivity index (χ0v) is 13.9. The molecule has 4 nitrogen and oxygen atoms in total. The molecule has 0 saturated heterocycles. The highest BCUT2D eigenvalue weighted by Gasteiger charge is 2.08. The molecule has 0 aliphatic rings. The summed E-state index contributed by atoms with van der Waals surface area (Å²) in [6, 6.07) is 11.1. The Hall–Kier alpha value is -2.05. The van der Waals surface area contributed by atoms with Crippen LogP contribution in [-0.4, -0.2) is 15.9 Å². The van der Waals surface area contributed by atoms with E-state index in [0.717, 1.165) is 20.7 Å². The van der Waals surface area contributed by atoms with Gasteiger partial charge in [0.1, 0.15) is 5.01 Å². The fourth-order valence-electron chi connectivity index (χ4n) is 1.93. The van der Waals surface area contributed by atoms with Crippen molar-refractivity contribution in [2.75, 3.05) is 0 Å². The van der Waals surface area contributed by atoms with Crippen LogP contribution in [0.2, 0.25) is 0 Å². The maximum Gasteiger partial charge on any atom is 0.251 e. The predicted molar refractivity (Wildman–Crippen MR) is 90.7 cm³/mol. The predicted octanol–water partition coefficient (Wildman–Crippen LogP) is 3.90. The lowest BCUT2D eigenvalue weighted by molar-refractivity contribution is 0.0951. The summed E-state index contributed by atoms with van der Waals surface area (Å²) in [6.07, 6.45) is 3.51. The quantitative estimate of drug-likeness (QED) is 0.754. The van der Waals surface area contributed by atoms with E-state index in [1.165, 1.54) is 11.3 Å². The normalized spacial score (nSPS) is 10.4. The van der Waals surface area contributed by atoms with Gasteiger partial charge in [0, 0.05) is 33.4 Å². The van der Waals surface area contributed by atoms with Gasteiger partial charge in [-0.3, -0.25) is 9.78 Å². The number of hydrogen-bond donors (Lipinski definition) is 1. The minimum Gasteiger partial charge on any atom is -0.346 e. The van der Waals surface area contributed by atoms with Crippen LogP contribution >= 0.6 is 27.3 Å². The number of halogens is 1. The number of carbonyl (C=O) groups excluding carboxylic acids is 1. The fourth-order valence-corrected chi connectivity index (χ4v) is 3.07. The molecule has 3 rings (SSSR count). The number of thiazole rings is 1. The van der Waals surface area contributed by atoms with Gasteiger partial charge in [-0.15, -0.1) is 11.3 Å². The van der Waals surface area contributed by atoms with Crippen LogP contribution in [0, 0.1) is 0 Å². The molecule has 0 bridgehead atoms. The number of nitrogens with one attached hydrogen (secondary N) is 1. The summed E-state index contributed by atoms with van der Waals surface area (Å²) >= 11 is 4.88. The van der Waals surface area contributed by atoms with Gasteiger partial charge in [0.05, 0.1) is 12.2 Å². The van der Waals surface area contributed by atoms with Gasteiger partial charge in [-0.1, -0.05) is 22.0 Å². The van der Waals surface area contributed by atoms with Crippen molar-refractivity contribution in [1.82, 2.24) is 15.3 Å². The Bertz CT molecular complexity index is 789. The van der Waals surface area contributed by atoms with E-state index in [4.69, 9.17) is 0 Å². The van der Waals surface area contributed by atoms with E-state index >= 15 is 0 Å². The van der Waals surface area contributed by atoms with Gasteiger partial charge in [0.15, 0.2) is 0 Å². The number of rotatable bonds is 4. The van der Waals surface area contributed by atoms with E-state index in [1.54, 1.807) is 24.5 Å². The van der Waals surface area contributed by atoms with Crippen molar-refractivity contribution in [2.24, 2.45) is 0 Å². The number of benzene rings is 1. The maximum absolute atomic E-state index is 12.1. The Morgan fingerprint density at radius 1 is 1.27 bits per heavy atom. The van der Waals surface area contributed by atoms with Crippen molar-refractivity contribution < 1.29 is 4.79 Å². The van der Waals surface area contributed by atoms with Crippen LogP contribution in [0.4, 0.5) is 0 Å². The van der Waals surface area contributed by atoms with Crippen LogP contribution in [-0.2, 0) is 6.54 Å². The van der Waals surface area contributed by atoms with Gasteiger partial charge in [-0.2, -0.15) is 0 Å². The van der Waals surface area contributed by atoms with Gasteiger partial charge in [-0.25, -0.2) is 4.98 Å². The lowest BCUT2D eigenvalue weighted by atomic mass is 10.2. The molecule has 2 heterocycles. The van der Waals surface area contributed by atoms with E-state index < -0.39 is 0 Å². The molecule has 1 aromatic carbocycles. The number of hydrogen-bond acceptors (Lipinski definition) is 4. The smallest absolute Gasteiger partial charge is 0.251 e. The lowest BCUT2D eigenvalue weighted by Crippen LogP contribution is -2.22. The SMILES string of the molecule is O=C(NCc1nc(-c2cccnc2)cs1)c1cccc(Br)c1. The molecule has 0 saturated carbocycles. The Kier molecular flexibility index (Phi) is 4.60. The third kappa shape index (κ3) is 3.58. The van der Waals surface area contributed by atoms with Gasteiger partial charge in [0.2, 0.25) is 0 Å². The molecule has 0 unspecified atom stereocenters. The van der Waals surface area contributed by atoms with Crippen LogP contribution in [0.15, 0.2) is 58.6 Å². The summed E-state index contributed by atoms with van der Waals surface area (Å²) in [5.74, 6) is -0.112. The third-order valence-corrected chi connectivity index (χ3v) is 4.34. The molecule has 0 radical (unpaired) electrons. The second-order valence-electron chi connectivity index (χ2n) is 4.56. The second kappa shape index (κ2) is 6.81. The molecule has 110 valence electrons. The third-order valence-electron chi connectivity index (χ3n) is 3.00. The first-order valence-corrected chi connectivity index (χ1v) is 8.28. The first-order valence-electron chi connectivity index (χ1n) is 6.61. The molecule has 0 spiro atoms. The second-order valence-corrected chi connectivity index (χ2v) is 6.42. The topological polar surface area (TPSA) is 54.9 Å². The van der Waals surface area contributed by atoms with Crippen LogP contribution in [0.5, 0.6) is 0 Å². The minimum atomic E-state index is -0.112. The molecule has 0 fully saturated rings. The van der Waals surface area contributed by atoms with Gasteiger partial charge >= 0.3 is 0 Å². The molecule has 0 atom stereocenters. The van der Waals surface area contributed by atoms with E-state index in [9.17, 15) is 4.79 Å². The Labute approximate surface area is 140 Å². The van der Waals surface area contributed by atoms with E-state index in [2.05, 4.69) is 31.2 Å². The Balaban J connectivity index is 1.65. The molecule has 6 heteroatoms. The van der Waals surface area contributed by atoms with Crippen molar-refractivity contribution >= 4 is 33.2 Å². The largest absolute Gasteiger partial charge is 0.346 e. The summed E-state index contributed by atoms with van der Waals surface area (Å²) in [5, 5.41) is 5.71. The van der Waals surface area contributed by atoms with Crippen molar-refractivity contribution in [1.29, 1.82) is 0 Å². The number of pyridine rings is 1. The van der Waals surface area contributed by atoms with Crippen LogP contribution in [0.1, 0.15) is 15.4 Å². The highest BCUT2D eigenvalue weighted by Crippen LogP contribution is 2.20. The van der Waals surface area contributed by atoms with Gasteiger partial charge in [-0.05, 0) is 30.3 Å². The summed E-state index contributed by atoms with van der Waals surface area (Å²) in [6.45, 7) is 0.413. The summed E-state index contributed by atoms with van der Waals surface area (Å²) in [7, 11) is 0. The van der Waals surface area contributed by atoms with Crippen LogP contribution in [0.3, 0.4) is 0 Å². The first-order chi connectivity index (χ1) is 10.7. The number of carbonyl (C=O) groups is 1. The van der Waals surface area contributed by atoms with Crippen molar-refractivity contribution in [2.45, 2.75) is 6.54 Å². The van der Waals surface area contributed by atoms with Crippen molar-refractivity contribution in [3.63, 3.8) is 0 Å². The number of nitrogens with zero attached hydrogens (tertiary/aromatic N) is 2. The van der Waals surface area contributed by atoms with Crippen LogP contribution in [0.25, 0.3) is 11.3 Å². The molecule has 2 aromatic heterocycles. The molecule has 0 aliphatic heterocycles. The van der Waals surface area contributed by atoms with Crippen molar-refractivity contribution in [3.05, 3.63) is 69.2 Å². The molecule has 0 aliphatic carbocycles. The molecular formula is C16H12BrN3OS. The highest BCUT2D eigenvalue weighted by atomic mass is 79.9. The average Bonchev–Trinajstić information content (AvgIpc) is 3.02. The molecule has 22 heavy (non-hydrogen) atoms. The van der Waals surface area contributed by atoms with E-state index in [0.29, 0.717) is 12.1 Å².